The van der Waals surface area contributed by atoms with E-state index in [2.05, 4.69) is 26.2 Å². The van der Waals surface area contributed by atoms with E-state index >= 15 is 0 Å². The number of aromatic nitrogens is 2. The van der Waals surface area contributed by atoms with Crippen molar-refractivity contribution in [3.05, 3.63) is 23.8 Å². The molecule has 0 amide bonds. The van der Waals surface area contributed by atoms with Crippen LogP contribution in [0.4, 0.5) is 0 Å². The van der Waals surface area contributed by atoms with E-state index in [1.807, 2.05) is 0 Å². The van der Waals surface area contributed by atoms with Gasteiger partial charge < -0.3 is 0 Å². The fourth-order valence-electron chi connectivity index (χ4n) is 7.85. The van der Waals surface area contributed by atoms with Gasteiger partial charge in [0.05, 0.1) is 0 Å². The lowest BCUT2D eigenvalue weighted by Gasteiger charge is -2.41. The molecule has 1 heterocycles. The van der Waals surface area contributed by atoms with Gasteiger partial charge in [-0.25, -0.2) is 9.97 Å². The van der Waals surface area contributed by atoms with E-state index in [0.717, 1.165) is 41.8 Å². The molecule has 34 heavy (non-hydrogen) atoms. The van der Waals surface area contributed by atoms with Gasteiger partial charge in [-0.2, -0.15) is 0 Å². The maximum absolute atomic E-state index is 4.80. The Morgan fingerprint density at radius 1 is 0.588 bits per heavy atom. The lowest BCUT2D eigenvalue weighted by atomic mass is 9.65. The standard InChI is InChI=1S/C32H54N2/c1-3-5-7-9-25-11-13-27(14-12-25)28-15-17-29(18-16-28)30-19-21-31(22-20-30)32-33-23-26(24-34-32)10-8-6-4-2/h23-25,27-31H,3-22H2,1-2H3. The van der Waals surface area contributed by atoms with Crippen molar-refractivity contribution in [2.75, 3.05) is 0 Å². The van der Waals surface area contributed by atoms with E-state index in [-0.39, 0.29) is 0 Å². The Morgan fingerprint density at radius 2 is 1.06 bits per heavy atom. The molecule has 1 aromatic rings. The molecule has 1 aromatic heterocycles. The van der Waals surface area contributed by atoms with E-state index in [1.54, 1.807) is 38.5 Å². The molecule has 0 saturated heterocycles. The molecule has 3 fully saturated rings. The molecule has 0 N–H and O–H groups in total. The van der Waals surface area contributed by atoms with Gasteiger partial charge >= 0.3 is 0 Å². The molecule has 3 saturated carbocycles. The van der Waals surface area contributed by atoms with Crippen molar-refractivity contribution in [3.8, 4) is 0 Å². The minimum absolute atomic E-state index is 0.616. The molecule has 0 bridgehead atoms. The Morgan fingerprint density at radius 3 is 1.59 bits per heavy atom. The quantitative estimate of drug-likeness (QED) is 0.303. The highest BCUT2D eigenvalue weighted by Gasteiger charge is 2.35. The molecule has 0 atom stereocenters. The summed E-state index contributed by atoms with van der Waals surface area (Å²) in [4.78, 5) is 9.59. The molecular formula is C32H54N2. The SMILES string of the molecule is CCCCCc1cnc(C2CCC(C3CCC(C4CCC(CCCCC)CC4)CC3)CC2)nc1. The molecule has 2 heteroatoms. The van der Waals surface area contributed by atoms with Crippen LogP contribution in [0.3, 0.4) is 0 Å². The van der Waals surface area contributed by atoms with Gasteiger partial charge in [-0.05, 0) is 112 Å². The largest absolute Gasteiger partial charge is 0.241 e. The van der Waals surface area contributed by atoms with Crippen LogP contribution < -0.4 is 0 Å². The average molecular weight is 467 g/mol. The minimum atomic E-state index is 0.616. The van der Waals surface area contributed by atoms with Crippen molar-refractivity contribution in [3.63, 3.8) is 0 Å². The predicted molar refractivity (Wildman–Crippen MR) is 145 cm³/mol. The number of unbranched alkanes of at least 4 members (excludes halogenated alkanes) is 4. The van der Waals surface area contributed by atoms with Gasteiger partial charge in [-0.1, -0.05) is 65.2 Å². The number of hydrogen-bond donors (Lipinski definition) is 0. The third-order valence-corrected chi connectivity index (χ3v) is 10.2. The highest BCUT2D eigenvalue weighted by Crippen LogP contribution is 2.47. The van der Waals surface area contributed by atoms with Crippen LogP contribution in [0, 0.1) is 29.6 Å². The summed E-state index contributed by atoms with van der Waals surface area (Å²) in [6.07, 6.45) is 32.9. The Labute approximate surface area is 211 Å². The monoisotopic (exact) mass is 466 g/mol. The average Bonchev–Trinajstić information content (AvgIpc) is 2.90. The smallest absolute Gasteiger partial charge is 0.131 e. The number of hydrogen-bond acceptors (Lipinski definition) is 2. The Kier molecular flexibility index (Phi) is 10.8. The second-order valence-electron chi connectivity index (χ2n) is 12.5. The normalized spacial score (nSPS) is 32.5. The molecule has 2 nitrogen and oxygen atoms in total. The van der Waals surface area contributed by atoms with E-state index in [9.17, 15) is 0 Å². The second kappa shape index (κ2) is 14.0. The lowest BCUT2D eigenvalue weighted by Crippen LogP contribution is -2.29. The summed E-state index contributed by atoms with van der Waals surface area (Å²) in [7, 11) is 0. The molecular weight excluding hydrogens is 412 g/mol. The number of nitrogens with zero attached hydrogens (tertiary/aromatic N) is 2. The summed E-state index contributed by atoms with van der Waals surface area (Å²) in [6, 6.07) is 0. The highest BCUT2D eigenvalue weighted by atomic mass is 14.9. The van der Waals surface area contributed by atoms with Crippen LogP contribution in [-0.4, -0.2) is 9.97 Å². The highest BCUT2D eigenvalue weighted by molar-refractivity contribution is 5.08. The van der Waals surface area contributed by atoms with Gasteiger partial charge in [-0.15, -0.1) is 0 Å². The van der Waals surface area contributed by atoms with Crippen molar-refractivity contribution in [1.29, 1.82) is 0 Å². The van der Waals surface area contributed by atoms with Crippen molar-refractivity contribution < 1.29 is 0 Å². The molecule has 0 aliphatic heterocycles. The summed E-state index contributed by atoms with van der Waals surface area (Å²) in [5.74, 6) is 6.95. The van der Waals surface area contributed by atoms with Gasteiger partial charge in [0.1, 0.15) is 5.82 Å². The molecule has 3 aliphatic rings. The first-order valence-corrected chi connectivity index (χ1v) is 15.6. The Balaban J connectivity index is 1.13. The third kappa shape index (κ3) is 7.54. The predicted octanol–water partition coefficient (Wildman–Crippen LogP) is 9.68. The van der Waals surface area contributed by atoms with Crippen LogP contribution in [0.5, 0.6) is 0 Å². The third-order valence-electron chi connectivity index (χ3n) is 10.2. The van der Waals surface area contributed by atoms with Crippen LogP contribution in [-0.2, 0) is 6.42 Å². The zero-order chi connectivity index (χ0) is 23.6. The molecule has 0 radical (unpaired) electrons. The number of rotatable bonds is 11. The van der Waals surface area contributed by atoms with Gasteiger partial charge in [-0.3, -0.25) is 0 Å². The van der Waals surface area contributed by atoms with Gasteiger partial charge in [0.2, 0.25) is 0 Å². The molecule has 0 unspecified atom stereocenters. The van der Waals surface area contributed by atoms with Crippen molar-refractivity contribution in [2.45, 2.75) is 148 Å². The number of aryl methyl sites for hydroxylation is 1. The molecule has 3 aliphatic carbocycles. The van der Waals surface area contributed by atoms with Crippen LogP contribution in [0.25, 0.3) is 0 Å². The summed E-state index contributed by atoms with van der Waals surface area (Å²) in [5.41, 5.74) is 1.33. The van der Waals surface area contributed by atoms with Gasteiger partial charge in [0, 0.05) is 18.3 Å². The van der Waals surface area contributed by atoms with Crippen LogP contribution >= 0.6 is 0 Å². The zero-order valence-corrected chi connectivity index (χ0v) is 22.7. The fourth-order valence-corrected chi connectivity index (χ4v) is 7.85. The van der Waals surface area contributed by atoms with Crippen LogP contribution in [0.1, 0.15) is 153 Å². The van der Waals surface area contributed by atoms with Crippen molar-refractivity contribution in [2.24, 2.45) is 29.6 Å². The maximum atomic E-state index is 4.80. The maximum Gasteiger partial charge on any atom is 0.131 e. The van der Waals surface area contributed by atoms with E-state index < -0.39 is 0 Å². The van der Waals surface area contributed by atoms with Crippen molar-refractivity contribution in [1.82, 2.24) is 9.97 Å². The van der Waals surface area contributed by atoms with Gasteiger partial charge in [0.15, 0.2) is 0 Å². The molecule has 0 spiro atoms. The van der Waals surface area contributed by atoms with E-state index in [0.29, 0.717) is 5.92 Å². The topological polar surface area (TPSA) is 25.8 Å². The summed E-state index contributed by atoms with van der Waals surface area (Å²) in [5, 5.41) is 0. The molecule has 192 valence electrons. The Bertz CT molecular complexity index is 659. The van der Waals surface area contributed by atoms with Crippen LogP contribution in [0.15, 0.2) is 12.4 Å². The first-order valence-electron chi connectivity index (χ1n) is 15.6. The van der Waals surface area contributed by atoms with E-state index in [4.69, 9.17) is 9.97 Å². The first kappa shape index (κ1) is 26.2. The Hall–Kier alpha value is -0.920. The summed E-state index contributed by atoms with van der Waals surface area (Å²) in [6.45, 7) is 4.60. The minimum Gasteiger partial charge on any atom is -0.241 e. The van der Waals surface area contributed by atoms with E-state index in [1.165, 1.54) is 89.0 Å². The summed E-state index contributed by atoms with van der Waals surface area (Å²) >= 11 is 0. The van der Waals surface area contributed by atoms with Crippen LogP contribution in [0.2, 0.25) is 0 Å². The lowest BCUT2D eigenvalue weighted by molar-refractivity contribution is 0.108. The first-order chi connectivity index (χ1) is 16.8. The van der Waals surface area contributed by atoms with Gasteiger partial charge in [0.25, 0.3) is 0 Å². The molecule has 4 rings (SSSR count). The fraction of sp³-hybridized carbons (Fsp3) is 0.875. The molecule has 0 aromatic carbocycles. The summed E-state index contributed by atoms with van der Waals surface area (Å²) < 4.78 is 0. The zero-order valence-electron chi connectivity index (χ0n) is 22.7. The van der Waals surface area contributed by atoms with Crippen molar-refractivity contribution >= 4 is 0 Å². The second-order valence-corrected chi connectivity index (χ2v) is 12.5.